The maximum atomic E-state index is 13.1. The zero-order valence-electron chi connectivity index (χ0n) is 60.4. The molecule has 5 atom stereocenters. The Balaban J connectivity index is 5.22. The highest BCUT2D eigenvalue weighted by Gasteiger charge is 2.30. The van der Waals surface area contributed by atoms with Crippen molar-refractivity contribution < 1.29 is 80.2 Å². The van der Waals surface area contributed by atoms with Crippen LogP contribution < -0.4 is 0 Å². The van der Waals surface area contributed by atoms with Crippen LogP contribution in [0.1, 0.15) is 388 Å². The van der Waals surface area contributed by atoms with Crippen LogP contribution in [0, 0.1) is 5.92 Å². The van der Waals surface area contributed by atoms with Crippen molar-refractivity contribution in [3.05, 3.63) is 0 Å². The van der Waals surface area contributed by atoms with Crippen LogP contribution in [0.3, 0.4) is 0 Å². The standard InChI is InChI=1S/C74H144O17P2/c1-6-9-12-15-18-21-23-25-27-29-31-33-38-43-48-53-58-72(77)85-64-70(91-73(78)59-54-49-44-39-34-32-30-28-26-24-22-19-16-13-10-7-2)66-89-93(82,83)87-62-68(75)61-86-92(80,81)88-65-69(63-84-71(76)57-52-47-42-20-17-14-11-8-3)90-74(79)60-55-50-45-40-36-35-37-41-46-51-56-67(4)5/h67-70,75H,6-66H2,1-5H3,(H,80,81)(H,82,83)/t68-,69+,70+/m0/s1. The second-order valence-corrected chi connectivity index (χ2v) is 30.1. The minimum absolute atomic E-state index is 0.106. The third kappa shape index (κ3) is 68.4. The Morgan fingerprint density at radius 2 is 0.495 bits per heavy atom. The van der Waals surface area contributed by atoms with Crippen LogP contribution in [0.15, 0.2) is 0 Å². The number of aliphatic hydroxyl groups is 1. The van der Waals surface area contributed by atoms with Gasteiger partial charge >= 0.3 is 39.5 Å². The van der Waals surface area contributed by atoms with Crippen molar-refractivity contribution in [3.8, 4) is 0 Å². The van der Waals surface area contributed by atoms with Crippen LogP contribution in [0.4, 0.5) is 0 Å². The van der Waals surface area contributed by atoms with Gasteiger partial charge in [-0.15, -0.1) is 0 Å². The molecule has 2 unspecified atom stereocenters. The number of carbonyl (C=O) groups excluding carboxylic acids is 4. The van der Waals surface area contributed by atoms with Gasteiger partial charge < -0.3 is 33.8 Å². The lowest BCUT2D eigenvalue weighted by Crippen LogP contribution is -2.30. The van der Waals surface area contributed by atoms with Gasteiger partial charge in [0.1, 0.15) is 19.3 Å². The topological polar surface area (TPSA) is 237 Å². The molecule has 0 amide bonds. The molecule has 552 valence electrons. The van der Waals surface area contributed by atoms with Crippen molar-refractivity contribution in [2.75, 3.05) is 39.6 Å². The van der Waals surface area contributed by atoms with Gasteiger partial charge in [-0.05, 0) is 31.6 Å². The summed E-state index contributed by atoms with van der Waals surface area (Å²) in [7, 11) is -9.90. The first-order chi connectivity index (χ1) is 45.0. The molecule has 0 aliphatic rings. The van der Waals surface area contributed by atoms with E-state index in [0.29, 0.717) is 25.7 Å². The lowest BCUT2D eigenvalue weighted by Gasteiger charge is -2.21. The van der Waals surface area contributed by atoms with Crippen LogP contribution in [0.2, 0.25) is 0 Å². The SMILES string of the molecule is CCCCCCCCCCCCCCCCCCC(=O)OC[C@H](COP(=O)(O)OC[C@@H](O)COP(=O)(O)OC[C@@H](COC(=O)CCCCCCCCCC)OC(=O)CCCCCCCCCCCCC(C)C)OC(=O)CCCCCCCCCCCCCCCCCC. The van der Waals surface area contributed by atoms with E-state index in [1.165, 1.54) is 205 Å². The molecule has 0 aromatic carbocycles. The number of aliphatic hydroxyl groups excluding tert-OH is 1. The highest BCUT2D eigenvalue weighted by molar-refractivity contribution is 7.47. The molecule has 0 saturated carbocycles. The summed E-state index contributed by atoms with van der Waals surface area (Å²) in [6.45, 7) is 7.25. The average molecular weight is 1370 g/mol. The number of rotatable bonds is 74. The summed E-state index contributed by atoms with van der Waals surface area (Å²) in [6.07, 6.45) is 55.5. The van der Waals surface area contributed by atoms with Crippen LogP contribution in [-0.2, 0) is 65.4 Å². The fraction of sp³-hybridized carbons (Fsp3) is 0.946. The second kappa shape index (κ2) is 67.3. The number of unbranched alkanes of at least 4 members (excludes halogenated alkanes) is 46. The number of phosphoric acid groups is 2. The third-order valence-electron chi connectivity index (χ3n) is 17.3. The number of phosphoric ester groups is 2. The van der Waals surface area contributed by atoms with Gasteiger partial charge in [0.25, 0.3) is 0 Å². The van der Waals surface area contributed by atoms with Gasteiger partial charge in [0.2, 0.25) is 0 Å². The molecule has 0 bridgehead atoms. The van der Waals surface area contributed by atoms with E-state index in [4.69, 9.17) is 37.0 Å². The Morgan fingerprint density at radius 3 is 0.731 bits per heavy atom. The van der Waals surface area contributed by atoms with Crippen LogP contribution in [0.25, 0.3) is 0 Å². The second-order valence-electron chi connectivity index (χ2n) is 27.2. The first kappa shape index (κ1) is 91.1. The Bertz CT molecular complexity index is 1790. The van der Waals surface area contributed by atoms with E-state index in [2.05, 4.69) is 34.6 Å². The van der Waals surface area contributed by atoms with Crippen LogP contribution in [0.5, 0.6) is 0 Å². The lowest BCUT2D eigenvalue weighted by molar-refractivity contribution is -0.161. The molecule has 0 saturated heterocycles. The molecule has 19 heteroatoms. The minimum Gasteiger partial charge on any atom is -0.462 e. The molecule has 0 radical (unpaired) electrons. The molecule has 0 rings (SSSR count). The Morgan fingerprint density at radius 1 is 0.290 bits per heavy atom. The van der Waals surface area contributed by atoms with Crippen molar-refractivity contribution in [2.24, 2.45) is 5.92 Å². The van der Waals surface area contributed by atoms with E-state index in [1.807, 2.05) is 0 Å². The fourth-order valence-electron chi connectivity index (χ4n) is 11.4. The zero-order valence-corrected chi connectivity index (χ0v) is 62.2. The molecule has 0 aromatic rings. The highest BCUT2D eigenvalue weighted by Crippen LogP contribution is 2.45. The summed E-state index contributed by atoms with van der Waals surface area (Å²) in [4.78, 5) is 72.7. The van der Waals surface area contributed by atoms with E-state index in [1.54, 1.807) is 0 Å². The molecular weight excluding hydrogens is 1220 g/mol. The molecule has 17 nitrogen and oxygen atoms in total. The summed E-state index contributed by atoms with van der Waals surface area (Å²) in [5, 5.41) is 10.6. The summed E-state index contributed by atoms with van der Waals surface area (Å²) in [5.74, 6) is -1.37. The molecule has 0 fully saturated rings. The van der Waals surface area contributed by atoms with Crippen LogP contribution in [-0.4, -0.2) is 96.7 Å². The van der Waals surface area contributed by atoms with Crippen molar-refractivity contribution in [1.82, 2.24) is 0 Å². The van der Waals surface area contributed by atoms with Gasteiger partial charge in [-0.3, -0.25) is 37.3 Å². The Hall–Kier alpha value is -1.94. The summed E-state index contributed by atoms with van der Waals surface area (Å²) in [5.41, 5.74) is 0. The van der Waals surface area contributed by atoms with Crippen molar-refractivity contribution in [3.63, 3.8) is 0 Å². The molecule has 0 spiro atoms. The first-order valence-corrected chi connectivity index (χ1v) is 41.6. The molecular formula is C74H144O17P2. The summed E-state index contributed by atoms with van der Waals surface area (Å²) in [6, 6.07) is 0. The van der Waals surface area contributed by atoms with Gasteiger partial charge in [0.05, 0.1) is 26.4 Å². The average Bonchev–Trinajstić information content (AvgIpc) is 2.00. The maximum absolute atomic E-state index is 13.1. The smallest absolute Gasteiger partial charge is 0.462 e. The number of carbonyl (C=O) groups is 4. The Kier molecular flexibility index (Phi) is 65.9. The van der Waals surface area contributed by atoms with Crippen molar-refractivity contribution in [2.45, 2.75) is 406 Å². The molecule has 93 heavy (non-hydrogen) atoms. The third-order valence-corrected chi connectivity index (χ3v) is 19.2. The fourth-order valence-corrected chi connectivity index (χ4v) is 12.9. The van der Waals surface area contributed by atoms with Gasteiger partial charge in [-0.1, -0.05) is 336 Å². The summed E-state index contributed by atoms with van der Waals surface area (Å²) < 4.78 is 68.4. The molecule has 0 aromatic heterocycles. The van der Waals surface area contributed by atoms with Gasteiger partial charge in [-0.25, -0.2) is 9.13 Å². The molecule has 0 aliphatic carbocycles. The van der Waals surface area contributed by atoms with Crippen molar-refractivity contribution in [1.29, 1.82) is 0 Å². The van der Waals surface area contributed by atoms with E-state index >= 15 is 0 Å². The van der Waals surface area contributed by atoms with E-state index in [-0.39, 0.29) is 25.7 Å². The zero-order chi connectivity index (χ0) is 68.4. The number of esters is 4. The van der Waals surface area contributed by atoms with E-state index < -0.39 is 97.5 Å². The first-order valence-electron chi connectivity index (χ1n) is 38.6. The molecule has 0 heterocycles. The predicted octanol–water partition coefficient (Wildman–Crippen LogP) is 21.7. The van der Waals surface area contributed by atoms with E-state index in [9.17, 15) is 43.2 Å². The number of hydrogen-bond donors (Lipinski definition) is 3. The van der Waals surface area contributed by atoms with Gasteiger partial charge in [0.15, 0.2) is 12.2 Å². The number of ether oxygens (including phenoxy) is 4. The largest absolute Gasteiger partial charge is 0.472 e. The maximum Gasteiger partial charge on any atom is 0.472 e. The highest BCUT2D eigenvalue weighted by atomic mass is 31.2. The number of hydrogen-bond acceptors (Lipinski definition) is 15. The van der Waals surface area contributed by atoms with Crippen molar-refractivity contribution >= 4 is 39.5 Å². The minimum atomic E-state index is -4.95. The van der Waals surface area contributed by atoms with Gasteiger partial charge in [-0.2, -0.15) is 0 Å². The summed E-state index contributed by atoms with van der Waals surface area (Å²) >= 11 is 0. The molecule has 3 N–H and O–H groups in total. The normalized spacial score (nSPS) is 14.0. The Labute approximate surface area is 568 Å². The molecule has 0 aliphatic heterocycles. The van der Waals surface area contributed by atoms with Crippen LogP contribution >= 0.6 is 15.6 Å². The lowest BCUT2D eigenvalue weighted by atomic mass is 10.0. The monoisotopic (exact) mass is 1370 g/mol. The van der Waals surface area contributed by atoms with Gasteiger partial charge in [0, 0.05) is 25.7 Å². The quantitative estimate of drug-likeness (QED) is 0.0222. The van der Waals surface area contributed by atoms with E-state index in [0.717, 1.165) is 102 Å². The predicted molar refractivity (Wildman–Crippen MR) is 377 cm³/mol.